The van der Waals surface area contributed by atoms with Crippen molar-refractivity contribution >= 4 is 29.8 Å². The fraction of sp³-hybridized carbons (Fsp3) is 0.667. The Hall–Kier alpha value is -3.20. The molecule has 2 fully saturated rings. The molecule has 1 heterocycles. The fourth-order valence-electron chi connectivity index (χ4n) is 2.97. The highest BCUT2D eigenvalue weighted by molar-refractivity contribution is 5.78. The molecule has 12 heteroatoms. The normalized spacial score (nSPS) is 32.0. The van der Waals surface area contributed by atoms with Crippen molar-refractivity contribution in [3.05, 3.63) is 0 Å². The first-order valence-electron chi connectivity index (χ1n) is 8.94. The number of hydrogen-bond donors (Lipinski definition) is 0. The number of ether oxygens (including phenoxy) is 6. The molecule has 7 atom stereocenters. The standard InChI is InChI=1S/C18H21NO11/c1-7(20)26-12-13(27-8(2)21)15(28-9(3)22)18(29-14(12)17(24)25-4)30-16(23)11-5-10(11)6-19/h10-15,18H,5H2,1-4H3. The lowest BCUT2D eigenvalue weighted by Gasteiger charge is -2.42. The van der Waals surface area contributed by atoms with Crippen LogP contribution >= 0.6 is 0 Å². The Bertz CT molecular complexity index is 773. The molecule has 0 spiro atoms. The average Bonchev–Trinajstić information content (AvgIpc) is 3.44. The van der Waals surface area contributed by atoms with Crippen molar-refractivity contribution in [1.82, 2.24) is 0 Å². The summed E-state index contributed by atoms with van der Waals surface area (Å²) in [5.41, 5.74) is 0. The van der Waals surface area contributed by atoms with Crippen molar-refractivity contribution in [1.29, 1.82) is 5.26 Å². The highest BCUT2D eigenvalue weighted by atomic mass is 16.7. The Morgan fingerprint density at radius 2 is 1.37 bits per heavy atom. The van der Waals surface area contributed by atoms with Crippen LogP contribution in [0.2, 0.25) is 0 Å². The third kappa shape index (κ3) is 5.44. The lowest BCUT2D eigenvalue weighted by Crippen LogP contribution is -2.64. The van der Waals surface area contributed by atoms with Gasteiger partial charge in [0.1, 0.15) is 0 Å². The summed E-state index contributed by atoms with van der Waals surface area (Å²) < 4.78 is 30.7. The highest BCUT2D eigenvalue weighted by Crippen LogP contribution is 2.40. The summed E-state index contributed by atoms with van der Waals surface area (Å²) >= 11 is 0. The molecule has 0 N–H and O–H groups in total. The summed E-state index contributed by atoms with van der Waals surface area (Å²) in [6.45, 7) is 3.13. The zero-order valence-electron chi connectivity index (χ0n) is 16.7. The van der Waals surface area contributed by atoms with Gasteiger partial charge in [0.05, 0.1) is 25.0 Å². The van der Waals surface area contributed by atoms with E-state index in [1.807, 2.05) is 6.07 Å². The zero-order chi connectivity index (χ0) is 22.6. The van der Waals surface area contributed by atoms with Gasteiger partial charge in [-0.3, -0.25) is 19.2 Å². The monoisotopic (exact) mass is 427 g/mol. The van der Waals surface area contributed by atoms with Crippen LogP contribution in [-0.4, -0.2) is 67.7 Å². The van der Waals surface area contributed by atoms with Gasteiger partial charge in [0.25, 0.3) is 0 Å². The van der Waals surface area contributed by atoms with Crippen molar-refractivity contribution in [2.45, 2.75) is 57.9 Å². The topological polar surface area (TPSA) is 165 Å². The van der Waals surface area contributed by atoms with E-state index in [1.54, 1.807) is 0 Å². The van der Waals surface area contributed by atoms with Crippen molar-refractivity contribution in [3.8, 4) is 6.07 Å². The summed E-state index contributed by atoms with van der Waals surface area (Å²) in [5, 5.41) is 8.88. The number of methoxy groups -OCH3 is 1. The van der Waals surface area contributed by atoms with E-state index in [9.17, 15) is 24.0 Å². The number of nitrogens with zero attached hydrogens (tertiary/aromatic N) is 1. The van der Waals surface area contributed by atoms with Crippen molar-refractivity contribution in [2.75, 3.05) is 7.11 Å². The van der Waals surface area contributed by atoms with Gasteiger partial charge in [0.2, 0.25) is 12.4 Å². The predicted octanol–water partition coefficient (Wildman–Crippen LogP) is -0.618. The van der Waals surface area contributed by atoms with Crippen molar-refractivity contribution in [3.63, 3.8) is 0 Å². The third-order valence-electron chi connectivity index (χ3n) is 4.33. The minimum absolute atomic E-state index is 0.282. The van der Waals surface area contributed by atoms with E-state index in [0.717, 1.165) is 27.9 Å². The van der Waals surface area contributed by atoms with Crippen LogP contribution < -0.4 is 0 Å². The molecule has 7 unspecified atom stereocenters. The smallest absolute Gasteiger partial charge is 0.339 e. The molecule has 2 rings (SSSR count). The van der Waals surface area contributed by atoms with Gasteiger partial charge in [0.15, 0.2) is 18.3 Å². The Morgan fingerprint density at radius 3 is 1.83 bits per heavy atom. The molecular weight excluding hydrogens is 406 g/mol. The molecule has 1 aliphatic carbocycles. The Balaban J connectivity index is 2.40. The van der Waals surface area contributed by atoms with E-state index in [1.165, 1.54) is 0 Å². The van der Waals surface area contributed by atoms with Crippen LogP contribution in [0.5, 0.6) is 0 Å². The lowest BCUT2D eigenvalue weighted by molar-refractivity contribution is -0.295. The van der Waals surface area contributed by atoms with E-state index in [2.05, 4.69) is 4.74 Å². The molecule has 0 aromatic rings. The first-order chi connectivity index (χ1) is 14.1. The molecule has 12 nitrogen and oxygen atoms in total. The van der Waals surface area contributed by atoms with Gasteiger partial charge in [-0.15, -0.1) is 0 Å². The second kappa shape index (κ2) is 9.53. The Kier molecular flexibility index (Phi) is 7.33. The van der Waals surface area contributed by atoms with Crippen molar-refractivity contribution in [2.24, 2.45) is 11.8 Å². The molecule has 30 heavy (non-hydrogen) atoms. The van der Waals surface area contributed by atoms with Gasteiger partial charge in [-0.25, -0.2) is 4.79 Å². The molecule has 0 radical (unpaired) electrons. The minimum Gasteiger partial charge on any atom is -0.467 e. The number of hydrogen-bond acceptors (Lipinski definition) is 12. The van der Waals surface area contributed by atoms with Crippen LogP contribution in [0.25, 0.3) is 0 Å². The van der Waals surface area contributed by atoms with Crippen LogP contribution in [0.3, 0.4) is 0 Å². The third-order valence-corrected chi connectivity index (χ3v) is 4.33. The summed E-state index contributed by atoms with van der Waals surface area (Å²) in [5.74, 6) is -5.60. The molecule has 1 saturated heterocycles. The maximum absolute atomic E-state index is 12.3. The maximum Gasteiger partial charge on any atom is 0.339 e. The SMILES string of the molecule is COC(=O)C1OC(OC(=O)C2CC2C#N)C(OC(C)=O)C(OC(C)=O)C1OC(C)=O. The molecule has 0 amide bonds. The van der Waals surface area contributed by atoms with Gasteiger partial charge in [-0.1, -0.05) is 0 Å². The molecule has 1 saturated carbocycles. The molecule has 0 aromatic heterocycles. The zero-order valence-corrected chi connectivity index (χ0v) is 16.7. The predicted molar refractivity (Wildman–Crippen MR) is 90.6 cm³/mol. The number of carbonyl (C=O) groups is 5. The summed E-state index contributed by atoms with van der Waals surface area (Å²) in [6, 6.07) is 1.92. The number of nitriles is 1. The van der Waals surface area contributed by atoms with Gasteiger partial charge in [-0.2, -0.15) is 5.26 Å². The first kappa shape index (κ1) is 23.1. The number of esters is 5. The summed E-state index contributed by atoms with van der Waals surface area (Å²) in [4.78, 5) is 59.4. The van der Waals surface area contributed by atoms with Crippen LogP contribution in [0.4, 0.5) is 0 Å². The molecule has 0 bridgehead atoms. The molecule has 164 valence electrons. The average molecular weight is 427 g/mol. The van der Waals surface area contributed by atoms with Crippen LogP contribution in [0, 0.1) is 23.2 Å². The largest absolute Gasteiger partial charge is 0.467 e. The Labute approximate surface area is 171 Å². The van der Waals surface area contributed by atoms with E-state index < -0.39 is 72.4 Å². The van der Waals surface area contributed by atoms with E-state index >= 15 is 0 Å². The maximum atomic E-state index is 12.3. The molecule has 0 aromatic carbocycles. The van der Waals surface area contributed by atoms with E-state index in [4.69, 9.17) is 28.9 Å². The van der Waals surface area contributed by atoms with Crippen LogP contribution in [0.1, 0.15) is 27.2 Å². The number of rotatable bonds is 6. The van der Waals surface area contributed by atoms with Gasteiger partial charge in [-0.05, 0) is 6.42 Å². The first-order valence-corrected chi connectivity index (χ1v) is 8.94. The second-order valence-electron chi connectivity index (χ2n) is 6.69. The molecule has 1 aliphatic heterocycles. The van der Waals surface area contributed by atoms with E-state index in [0.29, 0.717) is 0 Å². The number of carbonyl (C=O) groups excluding carboxylic acids is 5. The van der Waals surface area contributed by atoms with Crippen LogP contribution in [0.15, 0.2) is 0 Å². The fourth-order valence-corrected chi connectivity index (χ4v) is 2.97. The van der Waals surface area contributed by atoms with Crippen molar-refractivity contribution < 1.29 is 52.4 Å². The summed E-state index contributed by atoms with van der Waals surface area (Å²) in [6.07, 6.45) is -7.72. The molecule has 2 aliphatic rings. The lowest BCUT2D eigenvalue weighted by atomic mass is 9.97. The molecular formula is C18H21NO11. The minimum atomic E-state index is -1.69. The second-order valence-corrected chi connectivity index (χ2v) is 6.69. The Morgan fingerprint density at radius 1 is 0.833 bits per heavy atom. The van der Waals surface area contributed by atoms with Gasteiger partial charge in [0, 0.05) is 20.8 Å². The summed E-state index contributed by atoms with van der Waals surface area (Å²) in [7, 11) is 1.04. The van der Waals surface area contributed by atoms with Gasteiger partial charge < -0.3 is 28.4 Å². The van der Waals surface area contributed by atoms with Crippen LogP contribution in [-0.2, 0) is 52.4 Å². The van der Waals surface area contributed by atoms with Gasteiger partial charge >= 0.3 is 29.8 Å². The van der Waals surface area contributed by atoms with E-state index in [-0.39, 0.29) is 6.42 Å². The quantitative estimate of drug-likeness (QED) is 0.390. The highest BCUT2D eigenvalue weighted by Gasteiger charge is 2.57.